The van der Waals surface area contributed by atoms with E-state index in [-0.39, 0.29) is 17.0 Å². The first-order valence-electron chi connectivity index (χ1n) is 9.75. The molecule has 0 bridgehead atoms. The Balaban J connectivity index is 1.84. The lowest BCUT2D eigenvalue weighted by molar-refractivity contribution is -0.120. The zero-order chi connectivity index (χ0) is 22.3. The van der Waals surface area contributed by atoms with Gasteiger partial charge in [-0.2, -0.15) is 0 Å². The highest BCUT2D eigenvalue weighted by Crippen LogP contribution is 2.35. The fraction of sp³-hybridized carbons (Fsp3) is 0.120. The minimum absolute atomic E-state index is 0.0137. The average molecular weight is 418 g/mol. The number of rotatable bonds is 4. The van der Waals surface area contributed by atoms with Crippen molar-refractivity contribution in [1.29, 1.82) is 0 Å². The molecule has 1 N–H and O–H groups in total. The Morgan fingerprint density at radius 2 is 1.42 bits per heavy atom. The predicted octanol–water partition coefficient (Wildman–Crippen LogP) is 5.29. The van der Waals surface area contributed by atoms with Gasteiger partial charge in [0.1, 0.15) is 5.70 Å². The molecular weight excluding hydrogens is 398 g/mol. The Labute approximate surface area is 178 Å². The minimum atomic E-state index is -1.05. The molecule has 4 nitrogen and oxygen atoms in total. The van der Waals surface area contributed by atoms with Gasteiger partial charge in [0.05, 0.1) is 11.3 Å². The van der Waals surface area contributed by atoms with Gasteiger partial charge in [-0.1, -0.05) is 47.5 Å². The van der Waals surface area contributed by atoms with Crippen LogP contribution in [0.4, 0.5) is 20.2 Å². The number of anilines is 2. The molecule has 0 spiro atoms. The lowest BCUT2D eigenvalue weighted by Crippen LogP contribution is -2.33. The van der Waals surface area contributed by atoms with E-state index in [1.165, 1.54) is 6.07 Å². The molecule has 31 heavy (non-hydrogen) atoms. The van der Waals surface area contributed by atoms with E-state index in [1.807, 2.05) is 45.0 Å². The maximum Gasteiger partial charge on any atom is 0.282 e. The summed E-state index contributed by atoms with van der Waals surface area (Å²) in [5.74, 6) is -3.09. The summed E-state index contributed by atoms with van der Waals surface area (Å²) in [6, 6.07) is 15.9. The van der Waals surface area contributed by atoms with Crippen molar-refractivity contribution in [3.05, 3.63) is 100 Å². The van der Waals surface area contributed by atoms with Crippen LogP contribution in [0.25, 0.3) is 5.57 Å². The van der Waals surface area contributed by atoms with Crippen molar-refractivity contribution in [2.45, 2.75) is 20.8 Å². The van der Waals surface area contributed by atoms with Crippen LogP contribution < -0.4 is 10.2 Å². The Bertz CT molecular complexity index is 1250. The standard InChI is InChI=1S/C25H20F2N2O2/c1-14-4-7-17(8-5-14)22-23(28-18-9-10-19(26)20(27)13-18)25(31)29(24(22)30)21-11-6-15(2)12-16(21)3/h4-13,28H,1-3H3. The molecule has 0 saturated carbocycles. The first-order valence-corrected chi connectivity index (χ1v) is 9.75. The smallest absolute Gasteiger partial charge is 0.282 e. The van der Waals surface area contributed by atoms with Crippen LogP contribution in [-0.2, 0) is 9.59 Å². The van der Waals surface area contributed by atoms with Crippen LogP contribution in [0.1, 0.15) is 22.3 Å². The summed E-state index contributed by atoms with van der Waals surface area (Å²) < 4.78 is 27.1. The summed E-state index contributed by atoms with van der Waals surface area (Å²) in [5.41, 5.74) is 4.18. The summed E-state index contributed by atoms with van der Waals surface area (Å²) in [7, 11) is 0. The van der Waals surface area contributed by atoms with Crippen LogP contribution >= 0.6 is 0 Å². The Hall–Kier alpha value is -3.80. The molecule has 6 heteroatoms. The van der Waals surface area contributed by atoms with Crippen molar-refractivity contribution in [1.82, 2.24) is 0 Å². The van der Waals surface area contributed by atoms with Gasteiger partial charge in [0.2, 0.25) is 0 Å². The summed E-state index contributed by atoms with van der Waals surface area (Å²) in [4.78, 5) is 27.9. The molecule has 1 aliphatic heterocycles. The number of carbonyl (C=O) groups excluding carboxylic acids is 2. The van der Waals surface area contributed by atoms with Gasteiger partial charge in [0.15, 0.2) is 11.6 Å². The van der Waals surface area contributed by atoms with Crippen LogP contribution in [0, 0.1) is 32.4 Å². The molecule has 1 aliphatic rings. The van der Waals surface area contributed by atoms with E-state index in [1.54, 1.807) is 18.2 Å². The normalized spacial score (nSPS) is 13.9. The van der Waals surface area contributed by atoms with E-state index in [0.29, 0.717) is 11.3 Å². The number of carbonyl (C=O) groups is 2. The van der Waals surface area contributed by atoms with Gasteiger partial charge < -0.3 is 5.32 Å². The molecule has 3 aromatic rings. The number of aryl methyl sites for hydroxylation is 3. The molecule has 1 heterocycles. The van der Waals surface area contributed by atoms with Gasteiger partial charge in [0.25, 0.3) is 11.8 Å². The van der Waals surface area contributed by atoms with Crippen LogP contribution in [0.5, 0.6) is 0 Å². The highest BCUT2D eigenvalue weighted by molar-refractivity contribution is 6.46. The number of nitrogens with zero attached hydrogens (tertiary/aromatic N) is 1. The third-order valence-electron chi connectivity index (χ3n) is 5.21. The first kappa shape index (κ1) is 20.5. The number of hydrogen-bond donors (Lipinski definition) is 1. The number of hydrogen-bond acceptors (Lipinski definition) is 3. The van der Waals surface area contributed by atoms with Crippen molar-refractivity contribution < 1.29 is 18.4 Å². The third kappa shape index (κ3) is 3.72. The maximum atomic E-state index is 13.7. The second kappa shape index (κ2) is 7.80. The number of benzene rings is 3. The molecule has 4 rings (SSSR count). The van der Waals surface area contributed by atoms with Crippen molar-refractivity contribution in [3.63, 3.8) is 0 Å². The molecule has 0 fully saturated rings. The lowest BCUT2D eigenvalue weighted by Gasteiger charge is -2.18. The zero-order valence-corrected chi connectivity index (χ0v) is 17.3. The quantitative estimate of drug-likeness (QED) is 0.586. The second-order valence-electron chi connectivity index (χ2n) is 7.61. The van der Waals surface area contributed by atoms with Gasteiger partial charge in [-0.15, -0.1) is 0 Å². The third-order valence-corrected chi connectivity index (χ3v) is 5.21. The molecule has 0 aromatic heterocycles. The van der Waals surface area contributed by atoms with Crippen molar-refractivity contribution in [2.75, 3.05) is 10.2 Å². The van der Waals surface area contributed by atoms with E-state index in [9.17, 15) is 18.4 Å². The molecule has 3 aromatic carbocycles. The predicted molar refractivity (Wildman–Crippen MR) is 116 cm³/mol. The van der Waals surface area contributed by atoms with Crippen molar-refractivity contribution in [2.24, 2.45) is 0 Å². The second-order valence-corrected chi connectivity index (χ2v) is 7.61. The van der Waals surface area contributed by atoms with Gasteiger partial charge in [0, 0.05) is 11.8 Å². The number of imide groups is 1. The van der Waals surface area contributed by atoms with Gasteiger partial charge in [-0.3, -0.25) is 9.59 Å². The lowest BCUT2D eigenvalue weighted by atomic mass is 10.0. The topological polar surface area (TPSA) is 49.4 Å². The highest BCUT2D eigenvalue weighted by atomic mass is 19.2. The molecule has 0 atom stereocenters. The van der Waals surface area contributed by atoms with Gasteiger partial charge in [-0.25, -0.2) is 13.7 Å². The van der Waals surface area contributed by atoms with E-state index in [0.717, 1.165) is 33.7 Å². The van der Waals surface area contributed by atoms with Crippen LogP contribution in [0.3, 0.4) is 0 Å². The molecule has 0 aliphatic carbocycles. The summed E-state index contributed by atoms with van der Waals surface area (Å²) in [5, 5.41) is 2.84. The summed E-state index contributed by atoms with van der Waals surface area (Å²) in [6.07, 6.45) is 0. The summed E-state index contributed by atoms with van der Waals surface area (Å²) >= 11 is 0. The molecule has 156 valence electrons. The van der Waals surface area contributed by atoms with Crippen LogP contribution in [0.15, 0.2) is 66.4 Å². The first-order chi connectivity index (χ1) is 14.8. The zero-order valence-electron chi connectivity index (χ0n) is 17.3. The van der Waals surface area contributed by atoms with E-state index in [4.69, 9.17) is 0 Å². The number of amides is 2. The monoisotopic (exact) mass is 418 g/mol. The van der Waals surface area contributed by atoms with Crippen LogP contribution in [0.2, 0.25) is 0 Å². The van der Waals surface area contributed by atoms with E-state index < -0.39 is 23.4 Å². The van der Waals surface area contributed by atoms with Gasteiger partial charge >= 0.3 is 0 Å². The largest absolute Gasteiger partial charge is 0.350 e. The molecule has 2 amide bonds. The maximum absolute atomic E-state index is 13.7. The molecule has 0 unspecified atom stereocenters. The number of halogens is 2. The summed E-state index contributed by atoms with van der Waals surface area (Å²) in [6.45, 7) is 5.67. The Morgan fingerprint density at radius 3 is 2.06 bits per heavy atom. The highest BCUT2D eigenvalue weighted by Gasteiger charge is 2.40. The average Bonchev–Trinajstić information content (AvgIpc) is 2.96. The fourth-order valence-electron chi connectivity index (χ4n) is 3.63. The van der Waals surface area contributed by atoms with Crippen molar-refractivity contribution >= 4 is 28.8 Å². The van der Waals surface area contributed by atoms with Crippen molar-refractivity contribution in [3.8, 4) is 0 Å². The van der Waals surface area contributed by atoms with E-state index >= 15 is 0 Å². The van der Waals surface area contributed by atoms with Crippen LogP contribution in [-0.4, -0.2) is 11.8 Å². The SMILES string of the molecule is Cc1ccc(C2=C(Nc3ccc(F)c(F)c3)C(=O)N(c3ccc(C)cc3C)C2=O)cc1. The Morgan fingerprint density at radius 1 is 0.742 bits per heavy atom. The molecule has 0 saturated heterocycles. The minimum Gasteiger partial charge on any atom is -0.350 e. The molecule has 0 radical (unpaired) electrons. The number of nitrogens with one attached hydrogen (secondary N) is 1. The fourth-order valence-corrected chi connectivity index (χ4v) is 3.63. The van der Waals surface area contributed by atoms with E-state index in [2.05, 4.69) is 5.32 Å². The Kier molecular flexibility index (Phi) is 5.15. The van der Waals surface area contributed by atoms with Gasteiger partial charge in [-0.05, 0) is 50.1 Å². The molecular formula is C25H20F2N2O2.